The maximum absolute atomic E-state index is 4.91. The first-order valence-corrected chi connectivity index (χ1v) is 8.10. The van der Waals surface area contributed by atoms with Crippen molar-refractivity contribution < 1.29 is 0 Å². The molecule has 0 spiro atoms. The van der Waals surface area contributed by atoms with Gasteiger partial charge in [0.15, 0.2) is 0 Å². The van der Waals surface area contributed by atoms with E-state index in [1.807, 2.05) is 0 Å². The van der Waals surface area contributed by atoms with Gasteiger partial charge in [-0.1, -0.05) is 20.8 Å². The molecule has 1 atom stereocenters. The lowest BCUT2D eigenvalue weighted by atomic mass is 10.0. The SMILES string of the molecule is CCNCc1cc(C(C)C)nc(N2CCCCC2C)c1. The van der Waals surface area contributed by atoms with Crippen molar-refractivity contribution in [2.75, 3.05) is 18.0 Å². The van der Waals surface area contributed by atoms with Gasteiger partial charge in [-0.2, -0.15) is 0 Å². The quantitative estimate of drug-likeness (QED) is 0.888. The maximum atomic E-state index is 4.91. The molecule has 0 saturated carbocycles. The number of nitrogens with zero attached hydrogens (tertiary/aromatic N) is 2. The number of nitrogens with one attached hydrogen (secondary N) is 1. The van der Waals surface area contributed by atoms with Crippen LogP contribution in [-0.2, 0) is 6.54 Å². The number of aromatic nitrogens is 1. The average molecular weight is 275 g/mol. The lowest BCUT2D eigenvalue weighted by molar-refractivity contribution is 0.480. The maximum Gasteiger partial charge on any atom is 0.129 e. The van der Waals surface area contributed by atoms with Gasteiger partial charge in [0.25, 0.3) is 0 Å². The van der Waals surface area contributed by atoms with Crippen LogP contribution >= 0.6 is 0 Å². The van der Waals surface area contributed by atoms with Gasteiger partial charge in [0.1, 0.15) is 5.82 Å². The normalized spacial score (nSPS) is 19.6. The van der Waals surface area contributed by atoms with Crippen LogP contribution in [0.5, 0.6) is 0 Å². The Balaban J connectivity index is 2.27. The van der Waals surface area contributed by atoms with Gasteiger partial charge in [-0.15, -0.1) is 0 Å². The van der Waals surface area contributed by atoms with Crippen LogP contribution in [0.3, 0.4) is 0 Å². The molecule has 1 aromatic heterocycles. The highest BCUT2D eigenvalue weighted by atomic mass is 15.2. The van der Waals surface area contributed by atoms with Crippen LogP contribution in [0.4, 0.5) is 5.82 Å². The van der Waals surface area contributed by atoms with E-state index >= 15 is 0 Å². The fourth-order valence-electron chi connectivity index (χ4n) is 2.85. The summed E-state index contributed by atoms with van der Waals surface area (Å²) in [7, 11) is 0. The van der Waals surface area contributed by atoms with Crippen molar-refractivity contribution in [2.24, 2.45) is 0 Å². The summed E-state index contributed by atoms with van der Waals surface area (Å²) in [6.45, 7) is 12.0. The molecular weight excluding hydrogens is 246 g/mol. The molecule has 3 heteroatoms. The Kier molecular flexibility index (Phi) is 5.41. The molecule has 1 fully saturated rings. The fraction of sp³-hybridized carbons (Fsp3) is 0.706. The van der Waals surface area contributed by atoms with Crippen molar-refractivity contribution in [3.8, 4) is 0 Å². The second-order valence-corrected chi connectivity index (χ2v) is 6.23. The minimum Gasteiger partial charge on any atom is -0.354 e. The minimum atomic E-state index is 0.482. The molecule has 0 bridgehead atoms. The smallest absolute Gasteiger partial charge is 0.129 e. The van der Waals surface area contributed by atoms with Gasteiger partial charge in [-0.3, -0.25) is 0 Å². The monoisotopic (exact) mass is 275 g/mol. The average Bonchev–Trinajstić information content (AvgIpc) is 2.45. The molecule has 0 amide bonds. The van der Waals surface area contributed by atoms with Crippen molar-refractivity contribution in [3.05, 3.63) is 23.4 Å². The summed E-state index contributed by atoms with van der Waals surface area (Å²) in [6, 6.07) is 5.15. The molecule has 2 rings (SSSR count). The van der Waals surface area contributed by atoms with Crippen LogP contribution < -0.4 is 10.2 Å². The number of hydrogen-bond acceptors (Lipinski definition) is 3. The predicted molar refractivity (Wildman–Crippen MR) is 86.4 cm³/mol. The molecule has 2 heterocycles. The second-order valence-electron chi connectivity index (χ2n) is 6.23. The van der Waals surface area contributed by atoms with Crippen molar-refractivity contribution in [1.82, 2.24) is 10.3 Å². The van der Waals surface area contributed by atoms with E-state index in [9.17, 15) is 0 Å². The van der Waals surface area contributed by atoms with E-state index in [-0.39, 0.29) is 0 Å². The highest BCUT2D eigenvalue weighted by Gasteiger charge is 2.20. The van der Waals surface area contributed by atoms with Gasteiger partial charge < -0.3 is 10.2 Å². The summed E-state index contributed by atoms with van der Waals surface area (Å²) < 4.78 is 0. The van der Waals surface area contributed by atoms with Crippen LogP contribution in [0.2, 0.25) is 0 Å². The Labute approximate surface area is 123 Å². The lowest BCUT2D eigenvalue weighted by Crippen LogP contribution is -2.38. The molecule has 1 saturated heterocycles. The Hall–Kier alpha value is -1.09. The van der Waals surface area contributed by atoms with Crippen LogP contribution in [0.1, 0.15) is 64.1 Å². The summed E-state index contributed by atoms with van der Waals surface area (Å²) in [5.74, 6) is 1.66. The first-order valence-electron chi connectivity index (χ1n) is 8.10. The second kappa shape index (κ2) is 7.07. The molecule has 0 aliphatic carbocycles. The molecule has 1 aromatic rings. The zero-order valence-electron chi connectivity index (χ0n) is 13.4. The van der Waals surface area contributed by atoms with Crippen LogP contribution in [0.15, 0.2) is 12.1 Å². The van der Waals surface area contributed by atoms with Crippen LogP contribution in [-0.4, -0.2) is 24.1 Å². The highest BCUT2D eigenvalue weighted by molar-refractivity contribution is 5.44. The minimum absolute atomic E-state index is 0.482. The zero-order valence-corrected chi connectivity index (χ0v) is 13.4. The van der Waals surface area contributed by atoms with Gasteiger partial charge in [0.2, 0.25) is 0 Å². The van der Waals surface area contributed by atoms with Gasteiger partial charge in [-0.05, 0) is 56.3 Å². The summed E-state index contributed by atoms with van der Waals surface area (Å²) >= 11 is 0. The number of anilines is 1. The Morgan fingerprint density at radius 1 is 1.35 bits per heavy atom. The topological polar surface area (TPSA) is 28.2 Å². The van der Waals surface area contributed by atoms with E-state index < -0.39 is 0 Å². The largest absolute Gasteiger partial charge is 0.354 e. The molecule has 1 N–H and O–H groups in total. The first-order chi connectivity index (χ1) is 9.61. The summed E-state index contributed by atoms with van der Waals surface area (Å²) in [5, 5.41) is 3.43. The summed E-state index contributed by atoms with van der Waals surface area (Å²) in [6.07, 6.45) is 3.93. The fourth-order valence-corrected chi connectivity index (χ4v) is 2.85. The predicted octanol–water partition coefficient (Wildman–Crippen LogP) is 3.69. The van der Waals surface area contributed by atoms with Crippen molar-refractivity contribution >= 4 is 5.82 Å². The molecule has 112 valence electrons. The van der Waals surface area contributed by atoms with E-state index in [0.717, 1.165) is 19.6 Å². The number of rotatable bonds is 5. The third-order valence-electron chi connectivity index (χ3n) is 4.16. The molecule has 0 aromatic carbocycles. The van der Waals surface area contributed by atoms with Crippen LogP contribution in [0, 0.1) is 0 Å². The van der Waals surface area contributed by atoms with E-state index in [4.69, 9.17) is 4.98 Å². The van der Waals surface area contributed by atoms with E-state index in [1.165, 1.54) is 36.3 Å². The molecule has 3 nitrogen and oxygen atoms in total. The van der Waals surface area contributed by atoms with Crippen LogP contribution in [0.25, 0.3) is 0 Å². The Morgan fingerprint density at radius 2 is 2.15 bits per heavy atom. The first kappa shape index (κ1) is 15.3. The third-order valence-corrected chi connectivity index (χ3v) is 4.16. The lowest BCUT2D eigenvalue weighted by Gasteiger charge is -2.35. The van der Waals surface area contributed by atoms with E-state index in [0.29, 0.717) is 12.0 Å². The Morgan fingerprint density at radius 3 is 2.80 bits per heavy atom. The van der Waals surface area contributed by atoms with E-state index in [2.05, 4.69) is 50.0 Å². The van der Waals surface area contributed by atoms with Crippen molar-refractivity contribution in [2.45, 2.75) is 65.5 Å². The molecule has 20 heavy (non-hydrogen) atoms. The highest BCUT2D eigenvalue weighted by Crippen LogP contribution is 2.26. The summed E-state index contributed by atoms with van der Waals surface area (Å²) in [5.41, 5.74) is 2.58. The standard InChI is InChI=1S/C17H29N3/c1-5-18-12-15-10-16(13(2)3)19-17(11-15)20-9-7-6-8-14(20)4/h10-11,13-14,18H,5-9,12H2,1-4H3. The van der Waals surface area contributed by atoms with Gasteiger partial charge in [-0.25, -0.2) is 4.98 Å². The summed E-state index contributed by atoms with van der Waals surface area (Å²) in [4.78, 5) is 7.40. The van der Waals surface area contributed by atoms with Gasteiger partial charge >= 0.3 is 0 Å². The van der Waals surface area contributed by atoms with Crippen molar-refractivity contribution in [1.29, 1.82) is 0 Å². The number of pyridine rings is 1. The van der Waals surface area contributed by atoms with Gasteiger partial charge in [0, 0.05) is 24.8 Å². The van der Waals surface area contributed by atoms with E-state index in [1.54, 1.807) is 0 Å². The number of piperidine rings is 1. The number of hydrogen-bond donors (Lipinski definition) is 1. The molecule has 0 radical (unpaired) electrons. The molecular formula is C17H29N3. The van der Waals surface area contributed by atoms with Crippen molar-refractivity contribution in [3.63, 3.8) is 0 Å². The van der Waals surface area contributed by atoms with Gasteiger partial charge in [0.05, 0.1) is 0 Å². The zero-order chi connectivity index (χ0) is 14.5. The Bertz CT molecular complexity index is 428. The molecule has 1 aliphatic heterocycles. The molecule has 1 unspecified atom stereocenters. The molecule has 1 aliphatic rings. The third kappa shape index (κ3) is 3.72.